The first kappa shape index (κ1) is 12.5. The molecule has 0 saturated carbocycles. The summed E-state index contributed by atoms with van der Waals surface area (Å²) < 4.78 is 2.73. The molecule has 0 amide bonds. The maximum Gasteiger partial charge on any atom is 0.197 e. The van der Waals surface area contributed by atoms with Crippen LogP contribution in [0.3, 0.4) is 0 Å². The zero-order chi connectivity index (χ0) is 12.4. The second-order valence-corrected chi connectivity index (χ2v) is 5.29. The number of rotatable bonds is 3. The van der Waals surface area contributed by atoms with Crippen molar-refractivity contribution >= 4 is 27.7 Å². The highest BCUT2D eigenvalue weighted by molar-refractivity contribution is 9.10. The summed E-state index contributed by atoms with van der Waals surface area (Å²) in [5.74, 6) is 1.71. The third-order valence-electron chi connectivity index (χ3n) is 2.28. The summed E-state index contributed by atoms with van der Waals surface area (Å²) in [5, 5.41) is 9.81. The van der Waals surface area contributed by atoms with E-state index < -0.39 is 0 Å². The molecule has 0 aliphatic rings. The molecule has 2 rings (SSSR count). The van der Waals surface area contributed by atoms with Gasteiger partial charge in [0.05, 0.1) is 0 Å². The quantitative estimate of drug-likeness (QED) is 0.814. The molecular formula is C10H12BrN5S. The van der Waals surface area contributed by atoms with E-state index in [9.17, 15) is 0 Å². The number of halogens is 1. The Morgan fingerprint density at radius 1 is 1.35 bits per heavy atom. The predicted octanol–water partition coefficient (Wildman–Crippen LogP) is 2.39. The van der Waals surface area contributed by atoms with Crippen LogP contribution in [0.25, 0.3) is 0 Å². The summed E-state index contributed by atoms with van der Waals surface area (Å²) in [7, 11) is 1.94. The van der Waals surface area contributed by atoms with E-state index in [4.69, 9.17) is 0 Å². The minimum absolute atomic E-state index is 0.797. The van der Waals surface area contributed by atoms with Crippen molar-refractivity contribution in [2.24, 2.45) is 7.05 Å². The first-order valence-corrected chi connectivity index (χ1v) is 6.78. The van der Waals surface area contributed by atoms with Gasteiger partial charge < -0.3 is 4.57 Å². The zero-order valence-corrected chi connectivity index (χ0v) is 12.2. The van der Waals surface area contributed by atoms with Crippen molar-refractivity contribution < 1.29 is 0 Å². The van der Waals surface area contributed by atoms with E-state index in [2.05, 4.69) is 36.1 Å². The highest BCUT2D eigenvalue weighted by Crippen LogP contribution is 2.26. The molecule has 2 aromatic heterocycles. The lowest BCUT2D eigenvalue weighted by Gasteiger charge is -2.03. The number of hydrogen-bond donors (Lipinski definition) is 0. The molecule has 0 aromatic carbocycles. The maximum atomic E-state index is 4.44. The van der Waals surface area contributed by atoms with Crippen LogP contribution in [-0.2, 0) is 13.5 Å². The van der Waals surface area contributed by atoms with Gasteiger partial charge in [-0.25, -0.2) is 9.97 Å². The van der Waals surface area contributed by atoms with Crippen molar-refractivity contribution in [1.29, 1.82) is 0 Å². The van der Waals surface area contributed by atoms with Crippen molar-refractivity contribution in [3.63, 3.8) is 0 Å². The van der Waals surface area contributed by atoms with Gasteiger partial charge in [0.1, 0.15) is 21.3 Å². The van der Waals surface area contributed by atoms with Crippen LogP contribution in [0.4, 0.5) is 0 Å². The van der Waals surface area contributed by atoms with Gasteiger partial charge >= 0.3 is 0 Å². The fourth-order valence-corrected chi connectivity index (χ4v) is 2.65. The van der Waals surface area contributed by atoms with Crippen LogP contribution in [0, 0.1) is 6.92 Å². The third kappa shape index (κ3) is 2.84. The summed E-state index contributed by atoms with van der Waals surface area (Å²) in [6.45, 7) is 3.95. The Labute approximate surface area is 112 Å². The van der Waals surface area contributed by atoms with Crippen molar-refractivity contribution in [2.45, 2.75) is 30.5 Å². The van der Waals surface area contributed by atoms with E-state index in [1.807, 2.05) is 31.5 Å². The van der Waals surface area contributed by atoms with Crippen LogP contribution in [0.2, 0.25) is 0 Å². The minimum atomic E-state index is 0.797. The molecule has 0 radical (unpaired) electrons. The smallest absolute Gasteiger partial charge is 0.197 e. The van der Waals surface area contributed by atoms with Crippen LogP contribution in [0.5, 0.6) is 0 Å². The summed E-state index contributed by atoms with van der Waals surface area (Å²) in [4.78, 5) is 8.71. The second-order valence-electron chi connectivity index (χ2n) is 3.49. The zero-order valence-electron chi connectivity index (χ0n) is 9.81. The number of aromatic nitrogens is 5. The lowest BCUT2D eigenvalue weighted by atomic mass is 10.4. The van der Waals surface area contributed by atoms with Crippen LogP contribution < -0.4 is 0 Å². The number of nitrogens with zero attached hydrogens (tertiary/aromatic N) is 5. The SMILES string of the molecule is CCc1nc(Br)cc(Sc2nnc(C)n2C)n1. The van der Waals surface area contributed by atoms with Crippen molar-refractivity contribution in [3.05, 3.63) is 22.3 Å². The predicted molar refractivity (Wildman–Crippen MR) is 69.0 cm³/mol. The molecule has 0 saturated heterocycles. The Bertz CT molecular complexity index is 539. The van der Waals surface area contributed by atoms with Crippen molar-refractivity contribution in [1.82, 2.24) is 24.7 Å². The molecule has 0 fully saturated rings. The van der Waals surface area contributed by atoms with Crippen LogP contribution >= 0.6 is 27.7 Å². The normalized spacial score (nSPS) is 10.8. The molecule has 2 aromatic rings. The van der Waals surface area contributed by atoms with Gasteiger partial charge in [0, 0.05) is 19.5 Å². The molecule has 90 valence electrons. The lowest BCUT2D eigenvalue weighted by Crippen LogP contribution is -1.97. The Morgan fingerprint density at radius 3 is 2.71 bits per heavy atom. The summed E-state index contributed by atoms with van der Waals surface area (Å²) in [5.41, 5.74) is 0. The average molecular weight is 314 g/mol. The Balaban J connectivity index is 2.29. The van der Waals surface area contributed by atoms with Gasteiger partial charge in [0.25, 0.3) is 0 Å². The molecule has 0 aliphatic carbocycles. The van der Waals surface area contributed by atoms with E-state index >= 15 is 0 Å². The first-order chi connectivity index (χ1) is 8.10. The molecule has 7 heteroatoms. The fourth-order valence-electron chi connectivity index (χ4n) is 1.22. The third-order valence-corrected chi connectivity index (χ3v) is 3.64. The number of hydrogen-bond acceptors (Lipinski definition) is 5. The molecule has 5 nitrogen and oxygen atoms in total. The summed E-state index contributed by atoms with van der Waals surface area (Å²) in [6.07, 6.45) is 0.810. The van der Waals surface area contributed by atoms with Crippen LogP contribution in [-0.4, -0.2) is 24.7 Å². The highest BCUT2D eigenvalue weighted by Gasteiger charge is 2.09. The van der Waals surface area contributed by atoms with Crippen LogP contribution in [0.15, 0.2) is 20.9 Å². The van der Waals surface area contributed by atoms with Crippen molar-refractivity contribution in [3.8, 4) is 0 Å². The number of aryl methyl sites for hydroxylation is 2. The van der Waals surface area contributed by atoms with E-state index in [0.29, 0.717) is 0 Å². The van der Waals surface area contributed by atoms with E-state index in [-0.39, 0.29) is 0 Å². The van der Waals surface area contributed by atoms with Gasteiger partial charge in [-0.1, -0.05) is 6.92 Å². The second kappa shape index (κ2) is 5.14. The summed E-state index contributed by atoms with van der Waals surface area (Å²) in [6, 6.07) is 1.88. The molecule has 0 N–H and O–H groups in total. The Hall–Kier alpha value is -0.950. The molecule has 17 heavy (non-hydrogen) atoms. The van der Waals surface area contributed by atoms with E-state index in [1.165, 1.54) is 11.8 Å². The first-order valence-electron chi connectivity index (χ1n) is 5.17. The molecule has 0 unspecified atom stereocenters. The van der Waals surface area contributed by atoms with Gasteiger partial charge in [-0.2, -0.15) is 0 Å². The minimum Gasteiger partial charge on any atom is -0.309 e. The van der Waals surface area contributed by atoms with Gasteiger partial charge in [0.15, 0.2) is 5.16 Å². The van der Waals surface area contributed by atoms with E-state index in [1.54, 1.807) is 0 Å². The van der Waals surface area contributed by atoms with Gasteiger partial charge in [-0.3, -0.25) is 0 Å². The molecule has 2 heterocycles. The molecule has 0 bridgehead atoms. The topological polar surface area (TPSA) is 56.5 Å². The van der Waals surface area contributed by atoms with Gasteiger partial charge in [-0.05, 0) is 34.6 Å². The Morgan fingerprint density at radius 2 is 2.12 bits per heavy atom. The Kier molecular flexibility index (Phi) is 3.78. The van der Waals surface area contributed by atoms with E-state index in [0.717, 1.165) is 32.9 Å². The maximum absolute atomic E-state index is 4.44. The average Bonchev–Trinajstić information content (AvgIpc) is 2.60. The molecule has 0 spiro atoms. The fraction of sp³-hybridized carbons (Fsp3) is 0.400. The summed E-state index contributed by atoms with van der Waals surface area (Å²) >= 11 is 4.87. The van der Waals surface area contributed by atoms with Crippen LogP contribution in [0.1, 0.15) is 18.6 Å². The van der Waals surface area contributed by atoms with Gasteiger partial charge in [0.2, 0.25) is 0 Å². The lowest BCUT2D eigenvalue weighted by molar-refractivity contribution is 0.763. The standard InChI is InChI=1S/C10H12BrN5S/c1-4-8-12-7(11)5-9(13-8)17-10-15-14-6(2)16(10)3/h5H,4H2,1-3H3. The monoisotopic (exact) mass is 313 g/mol. The highest BCUT2D eigenvalue weighted by atomic mass is 79.9. The van der Waals surface area contributed by atoms with Crippen molar-refractivity contribution in [2.75, 3.05) is 0 Å². The molecule has 0 aliphatic heterocycles. The molecule has 0 atom stereocenters. The molecular weight excluding hydrogens is 302 g/mol. The van der Waals surface area contributed by atoms with Gasteiger partial charge in [-0.15, -0.1) is 10.2 Å². The largest absolute Gasteiger partial charge is 0.309 e.